The van der Waals surface area contributed by atoms with Gasteiger partial charge in [0.2, 0.25) is 0 Å². The summed E-state index contributed by atoms with van der Waals surface area (Å²) in [5, 5.41) is 18.1. The van der Waals surface area contributed by atoms with Crippen LogP contribution in [-0.2, 0) is 4.79 Å². The highest BCUT2D eigenvalue weighted by molar-refractivity contribution is 5.66. The van der Waals surface area contributed by atoms with Crippen molar-refractivity contribution >= 4 is 5.97 Å². The van der Waals surface area contributed by atoms with E-state index in [0.717, 1.165) is 38.5 Å². The first kappa shape index (κ1) is 30.8. The Balaban J connectivity index is 0. The van der Waals surface area contributed by atoms with Gasteiger partial charge in [-0.2, -0.15) is 0 Å². The van der Waals surface area contributed by atoms with E-state index in [0.29, 0.717) is 6.42 Å². The third kappa shape index (κ3) is 26.6. The number of aliphatic hydroxyl groups is 1. The van der Waals surface area contributed by atoms with Gasteiger partial charge in [0.15, 0.2) is 0 Å². The van der Waals surface area contributed by atoms with Gasteiger partial charge in [-0.15, -0.1) is 6.58 Å². The lowest BCUT2D eigenvalue weighted by molar-refractivity contribution is -0.137. The Morgan fingerprint density at radius 1 is 0.867 bits per heavy atom. The molecule has 1 atom stereocenters. The molecule has 0 bridgehead atoms. The van der Waals surface area contributed by atoms with E-state index in [-0.39, 0.29) is 0 Å². The Bertz CT molecular complexity index is 482. The van der Waals surface area contributed by atoms with Crippen LogP contribution in [0, 0.1) is 0 Å². The van der Waals surface area contributed by atoms with Crippen LogP contribution in [0.25, 0.3) is 0 Å². The molecule has 2 N–H and O–H groups in total. The van der Waals surface area contributed by atoms with Crippen LogP contribution in [0.4, 0.5) is 0 Å². The number of carboxylic acids is 1. The maximum Gasteiger partial charge on any atom is 0.303 e. The van der Waals surface area contributed by atoms with E-state index < -0.39 is 11.6 Å². The van der Waals surface area contributed by atoms with E-state index in [1.807, 2.05) is 0 Å². The van der Waals surface area contributed by atoms with Gasteiger partial charge in [0.1, 0.15) is 0 Å². The SMILES string of the molecule is C=CC(C)(O)CCC=C(C)CCC=C(C)C.CCCCCCCCCCCC(=O)O. The van der Waals surface area contributed by atoms with E-state index in [1.165, 1.54) is 56.1 Å². The molecule has 3 heteroatoms. The highest BCUT2D eigenvalue weighted by Crippen LogP contribution is 2.15. The highest BCUT2D eigenvalue weighted by Gasteiger charge is 2.13. The lowest BCUT2D eigenvalue weighted by Gasteiger charge is -2.16. The fourth-order valence-corrected chi connectivity index (χ4v) is 2.99. The number of allylic oxidation sites excluding steroid dienone is 4. The second-order valence-corrected chi connectivity index (χ2v) is 8.94. The molecule has 0 rings (SSSR count). The molecule has 0 aromatic carbocycles. The third-order valence-electron chi connectivity index (χ3n) is 5.17. The van der Waals surface area contributed by atoms with E-state index in [1.54, 1.807) is 13.0 Å². The maximum atomic E-state index is 10.2. The fourth-order valence-electron chi connectivity index (χ4n) is 2.99. The van der Waals surface area contributed by atoms with E-state index in [4.69, 9.17) is 5.11 Å². The fraction of sp³-hybridized carbons (Fsp3) is 0.741. The Morgan fingerprint density at radius 2 is 1.40 bits per heavy atom. The zero-order valence-corrected chi connectivity index (χ0v) is 20.6. The van der Waals surface area contributed by atoms with Gasteiger partial charge in [-0.25, -0.2) is 0 Å². The molecule has 0 radical (unpaired) electrons. The van der Waals surface area contributed by atoms with Crippen molar-refractivity contribution in [3.63, 3.8) is 0 Å². The summed E-state index contributed by atoms with van der Waals surface area (Å²) in [5.41, 5.74) is 2.05. The van der Waals surface area contributed by atoms with Crippen molar-refractivity contribution in [1.29, 1.82) is 0 Å². The molecule has 0 spiro atoms. The first-order valence-electron chi connectivity index (χ1n) is 12.0. The largest absolute Gasteiger partial charge is 0.481 e. The van der Waals surface area contributed by atoms with E-state index in [2.05, 4.69) is 46.4 Å². The molecule has 0 amide bonds. The summed E-state index contributed by atoms with van der Waals surface area (Å²) in [6.45, 7) is 14.1. The molecular weight excluding hydrogens is 372 g/mol. The predicted octanol–water partition coefficient (Wildman–Crippen LogP) is 8.39. The molecule has 0 aromatic heterocycles. The molecule has 0 saturated heterocycles. The van der Waals surface area contributed by atoms with E-state index in [9.17, 15) is 9.90 Å². The minimum absolute atomic E-state index is 0.343. The Labute approximate surface area is 187 Å². The van der Waals surface area contributed by atoms with Crippen molar-refractivity contribution in [2.45, 2.75) is 130 Å². The number of aliphatic carboxylic acids is 1. The third-order valence-corrected chi connectivity index (χ3v) is 5.17. The molecule has 176 valence electrons. The van der Waals surface area contributed by atoms with Crippen LogP contribution in [-0.4, -0.2) is 21.8 Å². The van der Waals surface area contributed by atoms with Crippen molar-refractivity contribution in [2.75, 3.05) is 0 Å². The van der Waals surface area contributed by atoms with Crippen molar-refractivity contribution in [3.05, 3.63) is 36.0 Å². The predicted molar refractivity (Wildman–Crippen MR) is 132 cm³/mol. The molecule has 30 heavy (non-hydrogen) atoms. The van der Waals surface area contributed by atoms with Crippen LogP contribution < -0.4 is 0 Å². The molecule has 0 saturated carbocycles. The Kier molecular flexibility index (Phi) is 21.5. The van der Waals surface area contributed by atoms with Gasteiger partial charge >= 0.3 is 5.97 Å². The molecule has 0 aliphatic rings. The van der Waals surface area contributed by atoms with Crippen LogP contribution in [0.2, 0.25) is 0 Å². The first-order valence-corrected chi connectivity index (χ1v) is 12.0. The van der Waals surface area contributed by atoms with Gasteiger partial charge < -0.3 is 10.2 Å². The molecule has 0 fully saturated rings. The average Bonchev–Trinajstić information content (AvgIpc) is 2.66. The second-order valence-electron chi connectivity index (χ2n) is 8.94. The summed E-state index contributed by atoms with van der Waals surface area (Å²) in [6.07, 6.45) is 21.5. The average molecular weight is 423 g/mol. The number of carbonyl (C=O) groups is 1. The summed E-state index contributed by atoms with van der Waals surface area (Å²) >= 11 is 0. The van der Waals surface area contributed by atoms with Crippen molar-refractivity contribution < 1.29 is 15.0 Å². The topological polar surface area (TPSA) is 57.5 Å². The molecule has 1 unspecified atom stereocenters. The van der Waals surface area contributed by atoms with Gasteiger partial charge in [-0.3, -0.25) is 4.79 Å². The van der Waals surface area contributed by atoms with Crippen LogP contribution >= 0.6 is 0 Å². The summed E-state index contributed by atoms with van der Waals surface area (Å²) in [4.78, 5) is 10.2. The highest BCUT2D eigenvalue weighted by atomic mass is 16.4. The van der Waals surface area contributed by atoms with Crippen molar-refractivity contribution in [1.82, 2.24) is 0 Å². The number of unbranched alkanes of at least 4 members (excludes halogenated alkanes) is 8. The molecule has 0 aromatic rings. The number of hydrogen-bond acceptors (Lipinski definition) is 2. The maximum absolute atomic E-state index is 10.2. The van der Waals surface area contributed by atoms with Crippen LogP contribution in [0.3, 0.4) is 0 Å². The Hall–Kier alpha value is -1.35. The first-order chi connectivity index (χ1) is 14.1. The summed E-state index contributed by atoms with van der Waals surface area (Å²) < 4.78 is 0. The normalized spacial score (nSPS) is 13.1. The second kappa shape index (κ2) is 20.9. The Morgan fingerprint density at radius 3 is 1.87 bits per heavy atom. The molecule has 0 aliphatic carbocycles. The van der Waals surface area contributed by atoms with Crippen LogP contribution in [0.5, 0.6) is 0 Å². The minimum atomic E-state index is -0.726. The van der Waals surface area contributed by atoms with Crippen LogP contribution in [0.15, 0.2) is 36.0 Å². The lowest BCUT2D eigenvalue weighted by Crippen LogP contribution is -2.19. The monoisotopic (exact) mass is 422 g/mol. The standard InChI is InChI=1S/C15H26O.C12H24O2/c1-6-15(5,16)12-8-11-14(4)10-7-9-13(2)3;1-2-3-4-5-6-7-8-9-10-11-12(13)14/h6,9,11,16H,1,7-8,10,12H2,2-5H3;2-11H2,1H3,(H,13,14). The summed E-state index contributed by atoms with van der Waals surface area (Å²) in [6, 6.07) is 0. The molecule has 0 heterocycles. The number of hydrogen-bond donors (Lipinski definition) is 2. The van der Waals surface area contributed by atoms with Gasteiger partial charge in [-0.1, -0.05) is 87.7 Å². The summed E-state index contributed by atoms with van der Waals surface area (Å²) in [5.74, 6) is -0.659. The lowest BCUT2D eigenvalue weighted by atomic mass is 9.99. The molecule has 0 aliphatic heterocycles. The quantitative estimate of drug-likeness (QED) is 0.183. The summed E-state index contributed by atoms with van der Waals surface area (Å²) in [7, 11) is 0. The van der Waals surface area contributed by atoms with Crippen molar-refractivity contribution in [2.24, 2.45) is 0 Å². The smallest absolute Gasteiger partial charge is 0.303 e. The van der Waals surface area contributed by atoms with Gasteiger partial charge in [0.05, 0.1) is 5.60 Å². The van der Waals surface area contributed by atoms with Crippen LogP contribution in [0.1, 0.15) is 125 Å². The van der Waals surface area contributed by atoms with Gasteiger partial charge in [-0.05, 0) is 59.8 Å². The zero-order chi connectivity index (χ0) is 23.3. The molecule has 3 nitrogen and oxygen atoms in total. The molecular formula is C27H50O3. The number of carboxylic acid groups (broad SMARTS) is 1. The van der Waals surface area contributed by atoms with E-state index >= 15 is 0 Å². The minimum Gasteiger partial charge on any atom is -0.481 e. The number of rotatable bonds is 17. The zero-order valence-electron chi connectivity index (χ0n) is 20.6. The van der Waals surface area contributed by atoms with Crippen molar-refractivity contribution in [3.8, 4) is 0 Å². The van der Waals surface area contributed by atoms with Gasteiger partial charge in [0, 0.05) is 6.42 Å². The van der Waals surface area contributed by atoms with Gasteiger partial charge in [0.25, 0.3) is 0 Å².